The predicted molar refractivity (Wildman–Crippen MR) is 169 cm³/mol. The van der Waals surface area contributed by atoms with Crippen molar-refractivity contribution in [2.45, 2.75) is 20.0 Å². The standard InChI is InChI=1S/C35H30N4O4/c1-3-8-30-21-26(14-20-34(30)43-24-27-9-7-12-32(22-27)39(41)42)23-36-37-35(40)29-15-17-31(18-16-29)38-25(2)13-19-33(38)28-10-5-4-6-11-28/h3-7,9-23H,1,8,24H2,2H3,(H,37,40)/b36-23+. The molecule has 0 bridgehead atoms. The summed E-state index contributed by atoms with van der Waals surface area (Å²) >= 11 is 0. The molecule has 8 nitrogen and oxygen atoms in total. The molecule has 5 rings (SSSR count). The second-order valence-electron chi connectivity index (χ2n) is 9.88. The van der Waals surface area contributed by atoms with E-state index in [4.69, 9.17) is 4.74 Å². The molecule has 1 heterocycles. The lowest BCUT2D eigenvalue weighted by molar-refractivity contribution is -0.384. The third-order valence-electron chi connectivity index (χ3n) is 6.88. The van der Waals surface area contributed by atoms with Crippen LogP contribution in [-0.2, 0) is 13.0 Å². The summed E-state index contributed by atoms with van der Waals surface area (Å²) in [5.41, 5.74) is 9.70. The van der Waals surface area contributed by atoms with Gasteiger partial charge in [0.2, 0.25) is 0 Å². The number of nitrogens with one attached hydrogen (secondary N) is 1. The molecule has 8 heteroatoms. The van der Waals surface area contributed by atoms with E-state index in [0.717, 1.165) is 33.8 Å². The van der Waals surface area contributed by atoms with Gasteiger partial charge in [0.15, 0.2) is 0 Å². The number of nitrogens with zero attached hydrogens (tertiary/aromatic N) is 3. The molecule has 0 saturated carbocycles. The summed E-state index contributed by atoms with van der Waals surface area (Å²) in [6.07, 6.45) is 3.88. The molecule has 0 fully saturated rings. The van der Waals surface area contributed by atoms with Crippen LogP contribution in [0.4, 0.5) is 5.69 Å². The number of aromatic nitrogens is 1. The van der Waals surface area contributed by atoms with Crippen LogP contribution in [0, 0.1) is 17.0 Å². The van der Waals surface area contributed by atoms with Gasteiger partial charge in [-0.1, -0.05) is 48.5 Å². The molecule has 0 radical (unpaired) electrons. The van der Waals surface area contributed by atoms with E-state index in [2.05, 4.69) is 52.9 Å². The summed E-state index contributed by atoms with van der Waals surface area (Å²) in [5, 5.41) is 15.2. The minimum atomic E-state index is -0.430. The Balaban J connectivity index is 1.23. The third kappa shape index (κ3) is 6.94. The zero-order valence-electron chi connectivity index (χ0n) is 23.6. The molecule has 0 aliphatic heterocycles. The quantitative estimate of drug-likeness (QED) is 0.0772. The van der Waals surface area contributed by atoms with Crippen LogP contribution in [0.1, 0.15) is 32.7 Å². The Morgan fingerprint density at radius 3 is 2.51 bits per heavy atom. The van der Waals surface area contributed by atoms with Crippen molar-refractivity contribution >= 4 is 17.8 Å². The Morgan fingerprint density at radius 2 is 1.77 bits per heavy atom. The Labute approximate surface area is 249 Å². The Bertz CT molecular complexity index is 1790. The minimum absolute atomic E-state index is 0.0187. The molecule has 4 aromatic carbocycles. The Hall–Kier alpha value is -5.76. The number of nitro groups is 1. The van der Waals surface area contributed by atoms with Crippen LogP contribution in [0.15, 0.2) is 127 Å². The number of hydrogen-bond donors (Lipinski definition) is 1. The number of amides is 1. The molecule has 0 unspecified atom stereocenters. The second kappa shape index (κ2) is 13.3. The highest BCUT2D eigenvalue weighted by atomic mass is 16.6. The molecule has 0 aliphatic rings. The fraction of sp³-hybridized carbons (Fsp3) is 0.0857. The number of non-ortho nitro benzene ring substituents is 1. The molecule has 1 N–H and O–H groups in total. The topological polar surface area (TPSA) is 98.8 Å². The van der Waals surface area contributed by atoms with Crippen molar-refractivity contribution in [1.82, 2.24) is 9.99 Å². The SMILES string of the molecule is C=CCc1cc(/C=N/NC(=O)c2ccc(-n3c(C)ccc3-c3ccccc3)cc2)ccc1OCc1cccc([N+](=O)[O-])c1. The number of rotatable bonds is 11. The number of benzene rings is 4. The average molecular weight is 571 g/mol. The molecular weight excluding hydrogens is 540 g/mol. The fourth-order valence-electron chi connectivity index (χ4n) is 4.76. The number of hydrogen-bond acceptors (Lipinski definition) is 5. The molecule has 43 heavy (non-hydrogen) atoms. The van der Waals surface area contributed by atoms with Gasteiger partial charge in [0, 0.05) is 29.1 Å². The van der Waals surface area contributed by atoms with Gasteiger partial charge in [-0.05, 0) is 90.2 Å². The maximum Gasteiger partial charge on any atom is 0.271 e. The largest absolute Gasteiger partial charge is 0.489 e. The summed E-state index contributed by atoms with van der Waals surface area (Å²) in [4.78, 5) is 23.4. The first-order chi connectivity index (χ1) is 20.9. The van der Waals surface area contributed by atoms with Gasteiger partial charge in [-0.15, -0.1) is 6.58 Å². The van der Waals surface area contributed by atoms with Crippen molar-refractivity contribution < 1.29 is 14.5 Å². The first-order valence-electron chi connectivity index (χ1n) is 13.7. The average Bonchev–Trinajstić information content (AvgIpc) is 3.42. The van der Waals surface area contributed by atoms with Crippen LogP contribution in [0.3, 0.4) is 0 Å². The van der Waals surface area contributed by atoms with E-state index in [9.17, 15) is 14.9 Å². The van der Waals surface area contributed by atoms with E-state index < -0.39 is 4.92 Å². The molecule has 0 spiro atoms. The van der Waals surface area contributed by atoms with Gasteiger partial charge in [-0.3, -0.25) is 14.9 Å². The van der Waals surface area contributed by atoms with E-state index in [-0.39, 0.29) is 18.2 Å². The number of aryl methyl sites for hydroxylation is 1. The molecule has 0 atom stereocenters. The van der Waals surface area contributed by atoms with Gasteiger partial charge >= 0.3 is 0 Å². The van der Waals surface area contributed by atoms with E-state index in [1.54, 1.807) is 36.6 Å². The van der Waals surface area contributed by atoms with Crippen LogP contribution in [0.25, 0.3) is 16.9 Å². The summed E-state index contributed by atoms with van der Waals surface area (Å²) in [6.45, 7) is 6.06. The minimum Gasteiger partial charge on any atom is -0.489 e. The molecular formula is C35H30N4O4. The lowest BCUT2D eigenvalue weighted by atomic mass is 10.1. The van der Waals surface area contributed by atoms with Gasteiger partial charge in [0.25, 0.3) is 11.6 Å². The number of ether oxygens (including phenoxy) is 1. The van der Waals surface area contributed by atoms with Gasteiger partial charge in [-0.25, -0.2) is 5.43 Å². The van der Waals surface area contributed by atoms with Gasteiger partial charge in [0.05, 0.1) is 16.8 Å². The fourth-order valence-corrected chi connectivity index (χ4v) is 4.76. The Kier molecular flexibility index (Phi) is 8.87. The number of carbonyl (C=O) groups is 1. The van der Waals surface area contributed by atoms with Crippen molar-refractivity contribution in [3.63, 3.8) is 0 Å². The van der Waals surface area contributed by atoms with Crippen LogP contribution >= 0.6 is 0 Å². The highest BCUT2D eigenvalue weighted by Crippen LogP contribution is 2.27. The molecule has 0 aliphatic carbocycles. The van der Waals surface area contributed by atoms with Crippen molar-refractivity contribution in [2.24, 2.45) is 5.10 Å². The van der Waals surface area contributed by atoms with Crippen molar-refractivity contribution in [2.75, 3.05) is 0 Å². The number of hydrazone groups is 1. The molecule has 1 aromatic heterocycles. The van der Waals surface area contributed by atoms with Crippen molar-refractivity contribution in [3.8, 4) is 22.7 Å². The highest BCUT2D eigenvalue weighted by Gasteiger charge is 2.12. The van der Waals surface area contributed by atoms with Crippen LogP contribution in [0.2, 0.25) is 0 Å². The summed E-state index contributed by atoms with van der Waals surface area (Å²) in [5.74, 6) is 0.319. The van der Waals surface area contributed by atoms with Gasteiger partial charge in [0.1, 0.15) is 12.4 Å². The molecule has 214 valence electrons. The third-order valence-corrected chi connectivity index (χ3v) is 6.88. The normalized spacial score (nSPS) is 10.9. The lowest BCUT2D eigenvalue weighted by Crippen LogP contribution is -2.17. The molecule has 5 aromatic rings. The smallest absolute Gasteiger partial charge is 0.271 e. The molecule has 0 saturated heterocycles. The van der Waals surface area contributed by atoms with Crippen LogP contribution < -0.4 is 10.2 Å². The van der Waals surface area contributed by atoms with Crippen LogP contribution in [0.5, 0.6) is 5.75 Å². The zero-order valence-corrected chi connectivity index (χ0v) is 23.6. The van der Waals surface area contributed by atoms with Crippen molar-refractivity contribution in [3.05, 3.63) is 160 Å². The summed E-state index contributed by atoms with van der Waals surface area (Å²) in [7, 11) is 0. The van der Waals surface area contributed by atoms with Gasteiger partial charge in [-0.2, -0.15) is 5.10 Å². The second-order valence-corrected chi connectivity index (χ2v) is 9.88. The summed E-state index contributed by atoms with van der Waals surface area (Å²) < 4.78 is 8.12. The van der Waals surface area contributed by atoms with Crippen LogP contribution in [-0.4, -0.2) is 21.6 Å². The zero-order chi connectivity index (χ0) is 30.2. The monoisotopic (exact) mass is 570 g/mol. The Morgan fingerprint density at radius 1 is 0.977 bits per heavy atom. The first-order valence-corrected chi connectivity index (χ1v) is 13.7. The first kappa shape index (κ1) is 28.8. The van der Waals surface area contributed by atoms with E-state index in [1.165, 1.54) is 12.1 Å². The number of carbonyl (C=O) groups excluding carboxylic acids is 1. The maximum absolute atomic E-state index is 12.8. The summed E-state index contributed by atoms with van der Waals surface area (Å²) in [6, 6.07) is 33.6. The van der Waals surface area contributed by atoms with Crippen molar-refractivity contribution in [1.29, 1.82) is 0 Å². The van der Waals surface area contributed by atoms with E-state index in [0.29, 0.717) is 23.3 Å². The predicted octanol–water partition coefficient (Wildman–Crippen LogP) is 7.43. The molecule has 1 amide bonds. The van der Waals surface area contributed by atoms with E-state index >= 15 is 0 Å². The lowest BCUT2D eigenvalue weighted by Gasteiger charge is -2.13. The highest BCUT2D eigenvalue weighted by molar-refractivity contribution is 5.95. The number of nitro benzene ring substituents is 1. The van der Waals surface area contributed by atoms with Gasteiger partial charge < -0.3 is 9.30 Å². The number of allylic oxidation sites excluding steroid dienone is 1. The van der Waals surface area contributed by atoms with E-state index in [1.807, 2.05) is 48.5 Å². The maximum atomic E-state index is 12.8.